The summed E-state index contributed by atoms with van der Waals surface area (Å²) < 4.78 is 1.74. The van der Waals surface area contributed by atoms with Crippen LogP contribution >= 0.6 is 0 Å². The van der Waals surface area contributed by atoms with Crippen molar-refractivity contribution in [2.75, 3.05) is 0 Å². The number of carbonyl (C=O) groups is 2. The number of amides is 2. The Morgan fingerprint density at radius 2 is 1.96 bits per heavy atom. The largest absolute Gasteiger partial charge is 0.328 e. The standard InChI is InChI=1S/C16H15N5O3/c1-10-18-12-6-2-3-7-13(12)21(10)9-14(22)19-20-16(24)11-5-4-8-17-15(11)23/h2-8H,9H2,1H3,(H,17,23)(H,19,22)(H,20,24). The Labute approximate surface area is 136 Å². The van der Waals surface area contributed by atoms with Crippen LogP contribution in [0.4, 0.5) is 0 Å². The second-order valence-corrected chi connectivity index (χ2v) is 5.15. The molecule has 0 aliphatic rings. The van der Waals surface area contributed by atoms with Gasteiger partial charge in [0.2, 0.25) is 0 Å². The van der Waals surface area contributed by atoms with Crippen molar-refractivity contribution < 1.29 is 9.59 Å². The number of nitrogens with one attached hydrogen (secondary N) is 3. The number of aromatic nitrogens is 3. The first-order valence-corrected chi connectivity index (χ1v) is 7.25. The molecule has 2 amide bonds. The fourth-order valence-electron chi connectivity index (χ4n) is 2.37. The summed E-state index contributed by atoms with van der Waals surface area (Å²) in [5.41, 5.74) is 5.54. The molecular weight excluding hydrogens is 310 g/mol. The number of para-hydroxylation sites is 2. The van der Waals surface area contributed by atoms with E-state index in [0.717, 1.165) is 11.0 Å². The number of pyridine rings is 1. The molecule has 0 atom stereocenters. The van der Waals surface area contributed by atoms with Gasteiger partial charge < -0.3 is 9.55 Å². The molecule has 0 aliphatic heterocycles. The maximum atomic E-state index is 12.1. The van der Waals surface area contributed by atoms with Crippen LogP contribution in [-0.2, 0) is 11.3 Å². The zero-order valence-electron chi connectivity index (χ0n) is 12.9. The van der Waals surface area contributed by atoms with E-state index in [1.54, 1.807) is 11.5 Å². The zero-order chi connectivity index (χ0) is 17.1. The normalized spacial score (nSPS) is 10.5. The van der Waals surface area contributed by atoms with Crippen molar-refractivity contribution in [2.45, 2.75) is 13.5 Å². The lowest BCUT2D eigenvalue weighted by Gasteiger charge is -2.09. The van der Waals surface area contributed by atoms with Crippen LogP contribution in [0.5, 0.6) is 0 Å². The number of aryl methyl sites for hydroxylation is 1. The number of H-pyrrole nitrogens is 1. The van der Waals surface area contributed by atoms with Gasteiger partial charge in [-0.05, 0) is 31.2 Å². The van der Waals surface area contributed by atoms with Gasteiger partial charge in [0.1, 0.15) is 17.9 Å². The van der Waals surface area contributed by atoms with Crippen LogP contribution < -0.4 is 16.4 Å². The number of hydrogen-bond acceptors (Lipinski definition) is 4. The Morgan fingerprint density at radius 1 is 1.17 bits per heavy atom. The smallest absolute Gasteiger partial charge is 0.275 e. The number of aromatic amines is 1. The van der Waals surface area contributed by atoms with Crippen molar-refractivity contribution in [3.8, 4) is 0 Å². The van der Waals surface area contributed by atoms with Crippen LogP contribution in [0.2, 0.25) is 0 Å². The zero-order valence-corrected chi connectivity index (χ0v) is 12.9. The monoisotopic (exact) mass is 325 g/mol. The second kappa shape index (κ2) is 6.37. The Morgan fingerprint density at radius 3 is 2.75 bits per heavy atom. The molecule has 2 aromatic heterocycles. The van der Waals surface area contributed by atoms with Crippen molar-refractivity contribution in [3.05, 3.63) is 64.3 Å². The second-order valence-electron chi connectivity index (χ2n) is 5.15. The third-order valence-corrected chi connectivity index (χ3v) is 3.53. The number of hydrazine groups is 1. The molecule has 0 saturated heterocycles. The van der Waals surface area contributed by atoms with Crippen LogP contribution in [0.25, 0.3) is 11.0 Å². The summed E-state index contributed by atoms with van der Waals surface area (Å²) in [6.45, 7) is 1.80. The Balaban J connectivity index is 1.68. The van der Waals surface area contributed by atoms with Gasteiger partial charge in [0.25, 0.3) is 17.4 Å². The molecule has 0 saturated carbocycles. The third kappa shape index (κ3) is 3.02. The summed E-state index contributed by atoms with van der Waals surface area (Å²) in [6, 6.07) is 10.4. The van der Waals surface area contributed by atoms with Crippen LogP contribution in [0, 0.1) is 6.92 Å². The molecule has 122 valence electrons. The molecule has 3 rings (SSSR count). The fourth-order valence-corrected chi connectivity index (χ4v) is 2.37. The van der Waals surface area contributed by atoms with Gasteiger partial charge in [-0.1, -0.05) is 12.1 Å². The molecule has 8 nitrogen and oxygen atoms in total. The average molecular weight is 325 g/mol. The molecule has 0 aliphatic carbocycles. The van der Waals surface area contributed by atoms with Gasteiger partial charge in [-0.2, -0.15) is 0 Å². The first-order chi connectivity index (χ1) is 11.6. The molecule has 0 spiro atoms. The van der Waals surface area contributed by atoms with E-state index in [0.29, 0.717) is 5.82 Å². The summed E-state index contributed by atoms with van der Waals surface area (Å²) in [5, 5.41) is 0. The first kappa shape index (κ1) is 15.5. The number of rotatable bonds is 3. The summed E-state index contributed by atoms with van der Waals surface area (Å²) in [4.78, 5) is 42.2. The Kier molecular flexibility index (Phi) is 4.11. The SMILES string of the molecule is Cc1nc2ccccc2n1CC(=O)NNC(=O)c1ccc[nH]c1=O. The van der Waals surface area contributed by atoms with Gasteiger partial charge >= 0.3 is 0 Å². The first-order valence-electron chi connectivity index (χ1n) is 7.25. The Bertz CT molecular complexity index is 973. The number of benzene rings is 1. The van der Waals surface area contributed by atoms with Crippen molar-refractivity contribution in [2.24, 2.45) is 0 Å². The molecule has 0 fully saturated rings. The molecule has 8 heteroatoms. The highest BCUT2D eigenvalue weighted by atomic mass is 16.2. The lowest BCUT2D eigenvalue weighted by atomic mass is 10.3. The molecule has 0 radical (unpaired) electrons. The molecule has 0 unspecified atom stereocenters. The van der Waals surface area contributed by atoms with Crippen molar-refractivity contribution in [3.63, 3.8) is 0 Å². The van der Waals surface area contributed by atoms with Gasteiger partial charge in [0.05, 0.1) is 11.0 Å². The average Bonchev–Trinajstić information content (AvgIpc) is 2.89. The van der Waals surface area contributed by atoms with E-state index in [1.807, 2.05) is 24.3 Å². The predicted molar refractivity (Wildman–Crippen MR) is 87.1 cm³/mol. The van der Waals surface area contributed by atoms with E-state index in [4.69, 9.17) is 0 Å². The highest BCUT2D eigenvalue weighted by molar-refractivity contribution is 5.95. The number of hydrogen-bond donors (Lipinski definition) is 3. The summed E-state index contributed by atoms with van der Waals surface area (Å²) in [7, 11) is 0. The van der Waals surface area contributed by atoms with Crippen molar-refractivity contribution in [1.29, 1.82) is 0 Å². The van der Waals surface area contributed by atoms with Crippen molar-refractivity contribution >= 4 is 22.8 Å². The molecular formula is C16H15N5O3. The minimum atomic E-state index is -0.683. The molecule has 1 aromatic carbocycles. The lowest BCUT2D eigenvalue weighted by Crippen LogP contribution is -2.44. The van der Waals surface area contributed by atoms with E-state index < -0.39 is 17.4 Å². The van der Waals surface area contributed by atoms with Crippen LogP contribution in [0.1, 0.15) is 16.2 Å². The molecule has 0 bridgehead atoms. The van der Waals surface area contributed by atoms with Gasteiger partial charge in [-0.15, -0.1) is 0 Å². The van der Waals surface area contributed by atoms with Crippen molar-refractivity contribution in [1.82, 2.24) is 25.4 Å². The maximum Gasteiger partial charge on any atom is 0.275 e. The van der Waals surface area contributed by atoms with E-state index in [-0.39, 0.29) is 12.1 Å². The molecule has 24 heavy (non-hydrogen) atoms. The maximum absolute atomic E-state index is 12.1. The van der Waals surface area contributed by atoms with Gasteiger partial charge in [-0.25, -0.2) is 4.98 Å². The fraction of sp³-hybridized carbons (Fsp3) is 0.125. The predicted octanol–water partition coefficient (Wildman–Crippen LogP) is 0.494. The quantitative estimate of drug-likeness (QED) is 0.609. The molecule has 3 N–H and O–H groups in total. The van der Waals surface area contributed by atoms with E-state index >= 15 is 0 Å². The number of imidazole rings is 1. The van der Waals surface area contributed by atoms with Gasteiger partial charge in [0.15, 0.2) is 0 Å². The summed E-state index contributed by atoms with van der Waals surface area (Å²) >= 11 is 0. The highest BCUT2D eigenvalue weighted by Crippen LogP contribution is 2.14. The third-order valence-electron chi connectivity index (χ3n) is 3.53. The highest BCUT2D eigenvalue weighted by Gasteiger charge is 2.13. The lowest BCUT2D eigenvalue weighted by molar-refractivity contribution is -0.122. The number of carbonyl (C=O) groups excluding carboxylic acids is 2. The van der Waals surface area contributed by atoms with E-state index in [2.05, 4.69) is 20.8 Å². The topological polar surface area (TPSA) is 109 Å². The van der Waals surface area contributed by atoms with Gasteiger partial charge in [-0.3, -0.25) is 25.2 Å². The minimum Gasteiger partial charge on any atom is -0.328 e. The molecule has 2 heterocycles. The van der Waals surface area contributed by atoms with Crippen LogP contribution in [0.3, 0.4) is 0 Å². The molecule has 3 aromatic rings. The van der Waals surface area contributed by atoms with Crippen LogP contribution in [0.15, 0.2) is 47.4 Å². The van der Waals surface area contributed by atoms with Gasteiger partial charge in [0, 0.05) is 6.20 Å². The number of nitrogens with zero attached hydrogens (tertiary/aromatic N) is 2. The summed E-state index contributed by atoms with van der Waals surface area (Å²) in [5.74, 6) is -0.420. The minimum absolute atomic E-state index is 0.00221. The van der Waals surface area contributed by atoms with Crippen LogP contribution in [-0.4, -0.2) is 26.3 Å². The summed E-state index contributed by atoms with van der Waals surface area (Å²) in [6.07, 6.45) is 1.42. The number of fused-ring (bicyclic) bond motifs is 1. The van der Waals surface area contributed by atoms with E-state index in [1.165, 1.54) is 18.3 Å². The Hall–Kier alpha value is -3.42. The van der Waals surface area contributed by atoms with E-state index in [9.17, 15) is 14.4 Å².